The molecular weight excluding hydrogens is 348 g/mol. The fourth-order valence-electron chi connectivity index (χ4n) is 5.00. The van der Waals surface area contributed by atoms with Gasteiger partial charge in [0.1, 0.15) is 5.82 Å². The minimum atomic E-state index is 0.248. The third kappa shape index (κ3) is 5.40. The molecule has 3 aliphatic rings. The van der Waals surface area contributed by atoms with Gasteiger partial charge in [0, 0.05) is 39.3 Å². The summed E-state index contributed by atoms with van der Waals surface area (Å²) < 4.78 is 0. The van der Waals surface area contributed by atoms with Crippen LogP contribution in [0.5, 0.6) is 0 Å². The maximum absolute atomic E-state index is 9.56. The van der Waals surface area contributed by atoms with Crippen molar-refractivity contribution in [1.29, 1.82) is 5.26 Å². The molecule has 6 heteroatoms. The van der Waals surface area contributed by atoms with Crippen molar-refractivity contribution in [3.63, 3.8) is 0 Å². The van der Waals surface area contributed by atoms with E-state index >= 15 is 0 Å². The third-order valence-corrected chi connectivity index (χ3v) is 6.66. The summed E-state index contributed by atoms with van der Waals surface area (Å²) in [4.78, 5) is 13.2. The van der Waals surface area contributed by atoms with Crippen LogP contribution in [0, 0.1) is 17.9 Å². The Labute approximate surface area is 171 Å². The predicted molar refractivity (Wildman–Crippen MR) is 112 cm³/mol. The maximum Gasteiger partial charge on any atom is 0.300 e. The summed E-state index contributed by atoms with van der Waals surface area (Å²) in [5.74, 6) is 0.853. The molecule has 0 spiro atoms. The number of nitrogens with zero attached hydrogens (tertiary/aromatic N) is 6. The summed E-state index contributed by atoms with van der Waals surface area (Å²) in [5, 5.41) is 9.56. The van der Waals surface area contributed by atoms with Gasteiger partial charge in [-0.05, 0) is 64.7 Å². The number of hydrogen-bond acceptors (Lipinski definition) is 5. The third-order valence-electron chi connectivity index (χ3n) is 6.66. The molecule has 0 saturated carbocycles. The van der Waals surface area contributed by atoms with Crippen LogP contribution in [0.4, 0.5) is 0 Å². The number of allylic oxidation sites excluding steroid dienone is 1. The normalized spacial score (nSPS) is 23.6. The highest BCUT2D eigenvalue weighted by Gasteiger charge is 2.29. The van der Waals surface area contributed by atoms with Gasteiger partial charge >= 0.3 is 5.70 Å². The van der Waals surface area contributed by atoms with E-state index < -0.39 is 0 Å². The van der Waals surface area contributed by atoms with Gasteiger partial charge in [-0.25, -0.2) is 10.1 Å². The summed E-state index contributed by atoms with van der Waals surface area (Å²) in [7, 11) is 2.05. The molecule has 0 aromatic carbocycles. The highest BCUT2D eigenvalue weighted by Crippen LogP contribution is 2.25. The van der Waals surface area contributed by atoms with Crippen molar-refractivity contribution in [3.8, 4) is 6.07 Å². The van der Waals surface area contributed by atoms with Crippen molar-refractivity contribution in [2.45, 2.75) is 57.4 Å². The Morgan fingerprint density at radius 1 is 1.00 bits per heavy atom. The molecule has 28 heavy (non-hydrogen) atoms. The molecular formula is C22H36N6. The molecule has 3 aliphatic heterocycles. The Hall–Kier alpha value is -1.76. The average Bonchev–Trinajstić information content (AvgIpc) is 2.77. The molecule has 0 aliphatic carbocycles. The van der Waals surface area contributed by atoms with Gasteiger partial charge in [0.05, 0.1) is 12.6 Å². The van der Waals surface area contributed by atoms with Gasteiger partial charge in [0.15, 0.2) is 0 Å². The average molecular weight is 385 g/mol. The first-order valence-corrected chi connectivity index (χ1v) is 11.2. The van der Waals surface area contributed by atoms with Crippen LogP contribution in [0.2, 0.25) is 0 Å². The highest BCUT2D eigenvalue weighted by atomic mass is 15.3. The van der Waals surface area contributed by atoms with Crippen molar-refractivity contribution in [2.24, 2.45) is 0 Å². The lowest BCUT2D eigenvalue weighted by molar-refractivity contribution is 0.0902. The van der Waals surface area contributed by atoms with E-state index in [1.165, 1.54) is 64.7 Å². The van der Waals surface area contributed by atoms with Crippen LogP contribution in [0.3, 0.4) is 0 Å². The van der Waals surface area contributed by atoms with E-state index in [4.69, 9.17) is 6.57 Å². The zero-order chi connectivity index (χ0) is 19.8. The molecule has 3 heterocycles. The van der Waals surface area contributed by atoms with Crippen molar-refractivity contribution < 1.29 is 0 Å². The topological polar surface area (TPSA) is 41.1 Å². The van der Waals surface area contributed by atoms with Gasteiger partial charge in [-0.2, -0.15) is 0 Å². The van der Waals surface area contributed by atoms with E-state index in [9.17, 15) is 5.26 Å². The minimum absolute atomic E-state index is 0.248. The van der Waals surface area contributed by atoms with Crippen LogP contribution in [0.15, 0.2) is 11.5 Å². The molecule has 0 amide bonds. The zero-order valence-corrected chi connectivity index (χ0v) is 17.6. The van der Waals surface area contributed by atoms with Crippen LogP contribution in [0.1, 0.15) is 51.4 Å². The summed E-state index contributed by atoms with van der Waals surface area (Å²) in [6.45, 7) is 16.1. The Morgan fingerprint density at radius 2 is 1.61 bits per heavy atom. The molecule has 0 aromatic heterocycles. The first kappa shape index (κ1) is 21.0. The summed E-state index contributed by atoms with van der Waals surface area (Å²) >= 11 is 0. The Bertz CT molecular complexity index is 579. The second-order valence-electron chi connectivity index (χ2n) is 8.53. The maximum atomic E-state index is 9.56. The molecule has 0 unspecified atom stereocenters. The van der Waals surface area contributed by atoms with Gasteiger partial charge in [-0.1, -0.05) is 12.8 Å². The molecule has 0 bridgehead atoms. The quantitative estimate of drug-likeness (QED) is 0.520. The van der Waals surface area contributed by atoms with E-state index in [2.05, 4.69) is 37.6 Å². The molecule has 3 fully saturated rings. The van der Waals surface area contributed by atoms with Crippen LogP contribution in [0.25, 0.3) is 4.85 Å². The molecule has 6 nitrogen and oxygen atoms in total. The van der Waals surface area contributed by atoms with E-state index in [1.54, 1.807) is 0 Å². The number of rotatable bonds is 6. The zero-order valence-electron chi connectivity index (χ0n) is 17.6. The van der Waals surface area contributed by atoms with Crippen LogP contribution in [-0.4, -0.2) is 85.0 Å². The van der Waals surface area contributed by atoms with Crippen LogP contribution in [-0.2, 0) is 0 Å². The van der Waals surface area contributed by atoms with E-state index in [0.717, 1.165) is 44.8 Å². The fourth-order valence-corrected chi connectivity index (χ4v) is 5.00. The fraction of sp³-hybridized carbons (Fsp3) is 0.818. The first-order chi connectivity index (χ1) is 13.7. The van der Waals surface area contributed by atoms with E-state index in [0.29, 0.717) is 6.04 Å². The van der Waals surface area contributed by atoms with E-state index in [1.807, 2.05) is 0 Å². The Morgan fingerprint density at radius 3 is 2.18 bits per heavy atom. The first-order valence-electron chi connectivity index (χ1n) is 11.2. The molecule has 0 N–H and O–H groups in total. The monoisotopic (exact) mass is 384 g/mol. The van der Waals surface area contributed by atoms with Crippen LogP contribution < -0.4 is 0 Å². The molecule has 3 rings (SSSR count). The number of nitriles is 1. The summed E-state index contributed by atoms with van der Waals surface area (Å²) in [6, 6.07) is 2.84. The van der Waals surface area contributed by atoms with E-state index in [-0.39, 0.29) is 5.70 Å². The molecule has 154 valence electrons. The lowest BCUT2D eigenvalue weighted by atomic mass is 10.00. The van der Waals surface area contributed by atoms with Gasteiger partial charge in [-0.3, -0.25) is 0 Å². The van der Waals surface area contributed by atoms with Gasteiger partial charge in [0.2, 0.25) is 0 Å². The summed E-state index contributed by atoms with van der Waals surface area (Å²) in [5.41, 5.74) is 0.248. The van der Waals surface area contributed by atoms with Crippen molar-refractivity contribution in [1.82, 2.24) is 19.6 Å². The number of piperidine rings is 3. The molecule has 0 atom stereocenters. The number of likely N-dealkylation sites (tertiary alicyclic amines) is 3. The minimum Gasteiger partial charge on any atom is -0.368 e. The van der Waals surface area contributed by atoms with Gasteiger partial charge < -0.3 is 19.6 Å². The summed E-state index contributed by atoms with van der Waals surface area (Å²) in [6.07, 6.45) is 10.3. The second-order valence-corrected chi connectivity index (χ2v) is 8.53. The Kier molecular flexibility index (Phi) is 8.01. The van der Waals surface area contributed by atoms with Gasteiger partial charge in [0.25, 0.3) is 0 Å². The van der Waals surface area contributed by atoms with Crippen LogP contribution >= 0.6 is 0 Å². The highest BCUT2D eigenvalue weighted by molar-refractivity contribution is 5.32. The predicted octanol–water partition coefficient (Wildman–Crippen LogP) is 2.97. The standard InChI is InChI=1S/C22H36N6/c1-24-21(19-23)22(25(2)17-18-26-11-5-3-6-12-26)28-15-9-20(10-16-28)27-13-7-4-8-14-27/h20H,3-18H2,2H3/b22-21+. The SMILES string of the molecule is [C-]#[N+]/C(C#N)=C(\N(C)CCN1CCCCC1)N1CCC(N2CCCCC2)CC1. The lowest BCUT2D eigenvalue weighted by Gasteiger charge is -2.43. The van der Waals surface area contributed by atoms with Crippen molar-refractivity contribution in [2.75, 3.05) is 59.4 Å². The largest absolute Gasteiger partial charge is 0.368 e. The second kappa shape index (κ2) is 10.7. The van der Waals surface area contributed by atoms with Crippen molar-refractivity contribution in [3.05, 3.63) is 22.9 Å². The van der Waals surface area contributed by atoms with Crippen molar-refractivity contribution >= 4 is 0 Å². The molecule has 0 radical (unpaired) electrons. The molecule has 3 saturated heterocycles. The Balaban J connectivity index is 1.60. The smallest absolute Gasteiger partial charge is 0.300 e. The number of hydrogen-bond donors (Lipinski definition) is 0. The number of likely N-dealkylation sites (N-methyl/N-ethyl adjacent to an activating group) is 1. The molecule has 0 aromatic rings. The van der Waals surface area contributed by atoms with Gasteiger partial charge in [-0.15, -0.1) is 0 Å². The lowest BCUT2D eigenvalue weighted by Crippen LogP contribution is -2.48.